The fourth-order valence-electron chi connectivity index (χ4n) is 0.507. The van der Waals surface area contributed by atoms with Crippen LogP contribution in [0.2, 0.25) is 0 Å². The highest BCUT2D eigenvalue weighted by Gasteiger charge is 1.89. The van der Waals surface area contributed by atoms with Gasteiger partial charge in [0.1, 0.15) is 4.60 Å². The van der Waals surface area contributed by atoms with Gasteiger partial charge < -0.3 is 0 Å². The first kappa shape index (κ1) is 7.12. The average molecular weight is 199 g/mol. The molecule has 0 fully saturated rings. The lowest BCUT2D eigenvalue weighted by Crippen LogP contribution is -1.72. The van der Waals surface area contributed by atoms with Gasteiger partial charge in [0.2, 0.25) is 6.08 Å². The molecular formula is C6H3BrN2O. The summed E-state index contributed by atoms with van der Waals surface area (Å²) in [5.74, 6) is 0.365. The van der Waals surface area contributed by atoms with Crippen molar-refractivity contribution in [3.63, 3.8) is 0 Å². The smallest absolute Gasteiger partial charge is 0.221 e. The molecule has 1 heterocycles. The molecule has 0 atom stereocenters. The van der Waals surface area contributed by atoms with E-state index < -0.39 is 0 Å². The van der Waals surface area contributed by atoms with Crippen molar-refractivity contribution in [1.82, 2.24) is 4.98 Å². The second kappa shape index (κ2) is 3.25. The number of hydrogen-bond donors (Lipinski definition) is 0. The second-order valence-corrected chi connectivity index (χ2v) is 2.33. The van der Waals surface area contributed by atoms with Gasteiger partial charge in [-0.15, -0.1) is 4.99 Å². The van der Waals surface area contributed by atoms with Crippen LogP contribution in [0.3, 0.4) is 0 Å². The van der Waals surface area contributed by atoms with Crippen molar-refractivity contribution in [3.8, 4) is 0 Å². The summed E-state index contributed by atoms with van der Waals surface area (Å²) >= 11 is 3.13. The van der Waals surface area contributed by atoms with E-state index in [0.717, 1.165) is 0 Å². The predicted molar refractivity (Wildman–Crippen MR) is 39.7 cm³/mol. The van der Waals surface area contributed by atoms with Crippen molar-refractivity contribution in [3.05, 3.63) is 22.8 Å². The van der Waals surface area contributed by atoms with E-state index in [1.165, 1.54) is 6.08 Å². The number of aromatic nitrogens is 1. The molecular weight excluding hydrogens is 196 g/mol. The molecule has 0 saturated carbocycles. The van der Waals surface area contributed by atoms with Crippen LogP contribution in [0.1, 0.15) is 0 Å². The van der Waals surface area contributed by atoms with Crippen LogP contribution >= 0.6 is 15.9 Å². The fraction of sp³-hybridized carbons (Fsp3) is 0. The van der Waals surface area contributed by atoms with E-state index in [9.17, 15) is 4.79 Å². The van der Waals surface area contributed by atoms with Crippen LogP contribution in [0.5, 0.6) is 0 Å². The minimum atomic E-state index is 0.365. The highest BCUT2D eigenvalue weighted by Crippen LogP contribution is 2.11. The molecule has 0 amide bonds. The molecule has 0 aliphatic rings. The molecule has 1 aromatic heterocycles. The molecule has 0 unspecified atom stereocenters. The Morgan fingerprint density at radius 3 is 3.00 bits per heavy atom. The Morgan fingerprint density at radius 1 is 1.60 bits per heavy atom. The first-order valence-corrected chi connectivity index (χ1v) is 3.32. The molecule has 0 aromatic carbocycles. The fourth-order valence-corrected chi connectivity index (χ4v) is 0.841. The summed E-state index contributed by atoms with van der Waals surface area (Å²) in [5, 5.41) is 0. The molecule has 1 aromatic rings. The zero-order chi connectivity index (χ0) is 7.40. The zero-order valence-corrected chi connectivity index (χ0v) is 6.50. The molecule has 0 spiro atoms. The first-order valence-electron chi connectivity index (χ1n) is 2.53. The number of carbonyl (C=O) groups excluding carboxylic acids is 1. The van der Waals surface area contributed by atoms with Gasteiger partial charge in [-0.2, -0.15) is 0 Å². The minimum Gasteiger partial charge on any atom is -0.221 e. The lowest BCUT2D eigenvalue weighted by molar-refractivity contribution is 0.565. The van der Waals surface area contributed by atoms with Crippen molar-refractivity contribution in [2.75, 3.05) is 0 Å². The number of aliphatic imine (C=N–C) groups is 1. The Labute approximate surface area is 65.9 Å². The van der Waals surface area contributed by atoms with E-state index in [1.807, 2.05) is 0 Å². The normalized spacial score (nSPS) is 8.50. The van der Waals surface area contributed by atoms with E-state index in [4.69, 9.17) is 0 Å². The van der Waals surface area contributed by atoms with Crippen LogP contribution in [0.4, 0.5) is 5.82 Å². The Bertz CT molecular complexity index is 281. The zero-order valence-electron chi connectivity index (χ0n) is 4.91. The summed E-state index contributed by atoms with van der Waals surface area (Å²) in [7, 11) is 0. The number of pyridine rings is 1. The molecule has 50 valence electrons. The molecule has 0 aliphatic carbocycles. The lowest BCUT2D eigenvalue weighted by Gasteiger charge is -1.88. The van der Waals surface area contributed by atoms with Crippen molar-refractivity contribution < 1.29 is 4.79 Å². The van der Waals surface area contributed by atoms with Gasteiger partial charge in [0.05, 0.1) is 0 Å². The Kier molecular flexibility index (Phi) is 2.31. The average Bonchev–Trinajstić information content (AvgIpc) is 1.88. The van der Waals surface area contributed by atoms with Crippen LogP contribution < -0.4 is 0 Å². The van der Waals surface area contributed by atoms with Crippen LogP contribution in [-0.2, 0) is 4.79 Å². The van der Waals surface area contributed by atoms with E-state index in [-0.39, 0.29) is 0 Å². The van der Waals surface area contributed by atoms with Gasteiger partial charge in [0, 0.05) is 0 Å². The molecule has 0 radical (unpaired) electrons. The van der Waals surface area contributed by atoms with Gasteiger partial charge >= 0.3 is 0 Å². The summed E-state index contributed by atoms with van der Waals surface area (Å²) in [6, 6.07) is 5.12. The maximum atomic E-state index is 9.74. The van der Waals surface area contributed by atoms with E-state index in [1.54, 1.807) is 18.2 Å². The maximum Gasteiger partial charge on any atom is 0.242 e. The van der Waals surface area contributed by atoms with Gasteiger partial charge in [0.15, 0.2) is 5.82 Å². The van der Waals surface area contributed by atoms with Gasteiger partial charge in [-0.25, -0.2) is 9.78 Å². The van der Waals surface area contributed by atoms with Crippen molar-refractivity contribution in [2.45, 2.75) is 0 Å². The molecule has 0 bridgehead atoms. The van der Waals surface area contributed by atoms with Crippen molar-refractivity contribution in [2.24, 2.45) is 4.99 Å². The molecule has 4 heteroatoms. The summed E-state index contributed by atoms with van der Waals surface area (Å²) in [5.41, 5.74) is 0. The first-order chi connectivity index (χ1) is 4.83. The molecule has 0 aliphatic heterocycles. The third kappa shape index (κ3) is 1.76. The molecule has 1 rings (SSSR count). The summed E-state index contributed by atoms with van der Waals surface area (Å²) in [6.45, 7) is 0. The number of hydrogen-bond acceptors (Lipinski definition) is 3. The highest BCUT2D eigenvalue weighted by atomic mass is 79.9. The summed E-state index contributed by atoms with van der Waals surface area (Å²) in [6.07, 6.45) is 1.40. The molecule has 10 heavy (non-hydrogen) atoms. The van der Waals surface area contributed by atoms with Crippen molar-refractivity contribution >= 4 is 27.8 Å². The monoisotopic (exact) mass is 198 g/mol. The summed E-state index contributed by atoms with van der Waals surface area (Å²) < 4.78 is 0.656. The second-order valence-electron chi connectivity index (χ2n) is 1.52. The van der Waals surface area contributed by atoms with E-state index >= 15 is 0 Å². The number of nitrogens with zero attached hydrogens (tertiary/aromatic N) is 2. The van der Waals surface area contributed by atoms with Crippen LogP contribution in [0, 0.1) is 0 Å². The minimum absolute atomic E-state index is 0.365. The molecule has 0 N–H and O–H groups in total. The third-order valence-corrected chi connectivity index (χ3v) is 1.30. The van der Waals surface area contributed by atoms with Crippen LogP contribution in [0.15, 0.2) is 27.8 Å². The third-order valence-electron chi connectivity index (χ3n) is 0.861. The van der Waals surface area contributed by atoms with Gasteiger partial charge in [-0.1, -0.05) is 6.07 Å². The number of isocyanates is 1. The molecule has 3 nitrogen and oxygen atoms in total. The van der Waals surface area contributed by atoms with Gasteiger partial charge in [-0.05, 0) is 28.1 Å². The van der Waals surface area contributed by atoms with Crippen LogP contribution in [-0.4, -0.2) is 11.1 Å². The number of halogens is 1. The maximum absolute atomic E-state index is 9.74. The SMILES string of the molecule is O=C=Nc1cccc(Br)n1. The van der Waals surface area contributed by atoms with Gasteiger partial charge in [-0.3, -0.25) is 0 Å². The number of rotatable bonds is 1. The van der Waals surface area contributed by atoms with Crippen molar-refractivity contribution in [1.29, 1.82) is 0 Å². The quantitative estimate of drug-likeness (QED) is 0.393. The predicted octanol–water partition coefficient (Wildman–Crippen LogP) is 1.81. The Balaban J connectivity index is 3.06. The standard InChI is InChI=1S/C6H3BrN2O/c7-5-2-1-3-6(9-5)8-4-10/h1-3H. The Hall–Kier alpha value is -0.990. The topological polar surface area (TPSA) is 42.3 Å². The van der Waals surface area contributed by atoms with Crippen LogP contribution in [0.25, 0.3) is 0 Å². The Morgan fingerprint density at radius 2 is 2.40 bits per heavy atom. The van der Waals surface area contributed by atoms with E-state index in [0.29, 0.717) is 10.4 Å². The lowest BCUT2D eigenvalue weighted by atomic mass is 10.5. The largest absolute Gasteiger partial charge is 0.242 e. The highest BCUT2D eigenvalue weighted by molar-refractivity contribution is 9.10. The summed E-state index contributed by atoms with van der Waals surface area (Å²) in [4.78, 5) is 16.9. The van der Waals surface area contributed by atoms with E-state index in [2.05, 4.69) is 25.9 Å². The van der Waals surface area contributed by atoms with Gasteiger partial charge in [0.25, 0.3) is 0 Å². The molecule has 0 saturated heterocycles.